The second-order valence-corrected chi connectivity index (χ2v) is 3.88. The molecule has 0 bridgehead atoms. The molecule has 1 rings (SSSR count). The zero-order valence-electron chi connectivity index (χ0n) is 6.78. The van der Waals surface area contributed by atoms with Gasteiger partial charge in [0.2, 0.25) is 0 Å². The second kappa shape index (κ2) is 2.87. The van der Waals surface area contributed by atoms with Crippen molar-refractivity contribution in [2.45, 2.75) is 20.3 Å². The van der Waals surface area contributed by atoms with Crippen molar-refractivity contribution in [1.29, 1.82) is 0 Å². The Hall–Kier alpha value is -0.110. The molecule has 60 valence electrons. The lowest BCUT2D eigenvalue weighted by atomic mass is 9.80. The van der Waals surface area contributed by atoms with E-state index in [-0.39, 0.29) is 12.1 Å². The minimum Gasteiger partial charge on any atom is -0.316 e. The highest BCUT2D eigenvalue weighted by Crippen LogP contribution is 2.28. The molecule has 10 heavy (non-hydrogen) atoms. The third kappa shape index (κ3) is 1.69. The number of piperidine rings is 1. The van der Waals surface area contributed by atoms with Gasteiger partial charge >= 0.3 is 0 Å². The van der Waals surface area contributed by atoms with Gasteiger partial charge in [0.1, 0.15) is 0 Å². The highest BCUT2D eigenvalue weighted by atomic mass is 19.1. The third-order valence-corrected chi connectivity index (χ3v) is 2.21. The van der Waals surface area contributed by atoms with Crippen LogP contribution in [0.3, 0.4) is 0 Å². The Balaban J connectivity index is 2.45. The molecular weight excluding hydrogens is 129 g/mol. The maximum Gasteiger partial charge on any atom is 0.0960 e. The lowest BCUT2D eigenvalue weighted by molar-refractivity contribution is 0.144. The summed E-state index contributed by atoms with van der Waals surface area (Å²) in [6.45, 7) is 5.88. The maximum absolute atomic E-state index is 12.4. The smallest absolute Gasteiger partial charge is 0.0960 e. The van der Waals surface area contributed by atoms with Crippen molar-refractivity contribution >= 4 is 0 Å². The number of nitrogens with one attached hydrogen (secondary N) is 1. The minimum absolute atomic E-state index is 0.0856. The van der Waals surface area contributed by atoms with Gasteiger partial charge in [-0.2, -0.15) is 0 Å². The van der Waals surface area contributed by atoms with Crippen LogP contribution in [0.1, 0.15) is 20.3 Å². The van der Waals surface area contributed by atoms with Gasteiger partial charge in [-0.25, -0.2) is 0 Å². The zero-order valence-corrected chi connectivity index (χ0v) is 6.78. The molecule has 1 saturated heterocycles. The molecule has 0 spiro atoms. The summed E-state index contributed by atoms with van der Waals surface area (Å²) < 4.78 is 12.4. The van der Waals surface area contributed by atoms with Crippen LogP contribution in [0, 0.1) is 11.3 Å². The van der Waals surface area contributed by atoms with E-state index in [0.29, 0.717) is 5.92 Å². The van der Waals surface area contributed by atoms with Crippen molar-refractivity contribution < 1.29 is 4.39 Å². The molecule has 0 saturated carbocycles. The van der Waals surface area contributed by atoms with E-state index in [1.165, 1.54) is 0 Å². The molecule has 1 N–H and O–H groups in total. The van der Waals surface area contributed by atoms with Gasteiger partial charge in [0.25, 0.3) is 0 Å². The van der Waals surface area contributed by atoms with E-state index in [2.05, 4.69) is 12.2 Å². The average molecular weight is 145 g/mol. The standard InChI is InChI=1S/C8H16FN/c1-7-3-8(2,5-9)6-10-4-7/h7,10H,3-6H2,1-2H3/t7?,8-/m1/s1. The van der Waals surface area contributed by atoms with Gasteiger partial charge in [-0.1, -0.05) is 13.8 Å². The van der Waals surface area contributed by atoms with Crippen LogP contribution in [-0.2, 0) is 0 Å². The van der Waals surface area contributed by atoms with Gasteiger partial charge in [0.05, 0.1) is 6.67 Å². The Kier molecular flexibility index (Phi) is 2.29. The first-order valence-electron chi connectivity index (χ1n) is 3.93. The minimum atomic E-state index is -0.190. The van der Waals surface area contributed by atoms with E-state index in [1.807, 2.05) is 6.92 Å². The summed E-state index contributed by atoms with van der Waals surface area (Å²) in [6, 6.07) is 0. The summed E-state index contributed by atoms with van der Waals surface area (Å²) in [5.74, 6) is 0.634. The molecule has 0 aromatic carbocycles. The van der Waals surface area contributed by atoms with E-state index in [0.717, 1.165) is 19.5 Å². The molecule has 1 nitrogen and oxygen atoms in total. The Morgan fingerprint density at radius 3 is 2.80 bits per heavy atom. The van der Waals surface area contributed by atoms with Crippen LogP contribution in [0.2, 0.25) is 0 Å². The van der Waals surface area contributed by atoms with Gasteiger partial charge in [0, 0.05) is 12.0 Å². The van der Waals surface area contributed by atoms with Crippen LogP contribution in [0.4, 0.5) is 4.39 Å². The first-order chi connectivity index (χ1) is 4.66. The summed E-state index contributed by atoms with van der Waals surface area (Å²) in [5, 5.41) is 3.24. The number of halogens is 1. The molecular formula is C8H16FN. The highest BCUT2D eigenvalue weighted by Gasteiger charge is 2.29. The summed E-state index contributed by atoms with van der Waals surface area (Å²) in [7, 11) is 0. The van der Waals surface area contributed by atoms with E-state index < -0.39 is 0 Å². The van der Waals surface area contributed by atoms with Gasteiger partial charge in [-0.05, 0) is 18.9 Å². The Labute approximate surface area is 62.0 Å². The fourth-order valence-corrected chi connectivity index (χ4v) is 1.71. The molecule has 2 atom stereocenters. The van der Waals surface area contributed by atoms with Gasteiger partial charge < -0.3 is 5.32 Å². The predicted molar refractivity (Wildman–Crippen MR) is 40.7 cm³/mol. The Morgan fingerprint density at radius 2 is 2.40 bits per heavy atom. The molecule has 0 aliphatic carbocycles. The normalized spacial score (nSPS) is 41.7. The lowest BCUT2D eigenvalue weighted by Gasteiger charge is -2.35. The number of hydrogen-bond acceptors (Lipinski definition) is 1. The molecule has 1 fully saturated rings. The van der Waals surface area contributed by atoms with Crippen LogP contribution in [0.15, 0.2) is 0 Å². The van der Waals surface area contributed by atoms with Crippen molar-refractivity contribution in [1.82, 2.24) is 5.32 Å². The van der Waals surface area contributed by atoms with E-state index in [1.54, 1.807) is 0 Å². The third-order valence-electron chi connectivity index (χ3n) is 2.21. The van der Waals surface area contributed by atoms with Crippen molar-refractivity contribution in [3.05, 3.63) is 0 Å². The maximum atomic E-state index is 12.4. The molecule has 0 amide bonds. The van der Waals surface area contributed by atoms with Crippen molar-refractivity contribution in [2.24, 2.45) is 11.3 Å². The molecule has 2 heteroatoms. The average Bonchev–Trinajstić information content (AvgIpc) is 1.88. The number of alkyl halides is 1. The Morgan fingerprint density at radius 1 is 1.70 bits per heavy atom. The van der Waals surface area contributed by atoms with Crippen molar-refractivity contribution in [3.8, 4) is 0 Å². The first-order valence-corrected chi connectivity index (χ1v) is 3.93. The second-order valence-electron chi connectivity index (χ2n) is 3.88. The van der Waals surface area contributed by atoms with E-state index in [9.17, 15) is 4.39 Å². The molecule has 1 aliphatic heterocycles. The highest BCUT2D eigenvalue weighted by molar-refractivity contribution is 4.83. The fourth-order valence-electron chi connectivity index (χ4n) is 1.71. The molecule has 1 heterocycles. The quantitative estimate of drug-likeness (QED) is 0.591. The molecule has 1 unspecified atom stereocenters. The van der Waals surface area contributed by atoms with Crippen LogP contribution in [-0.4, -0.2) is 19.8 Å². The van der Waals surface area contributed by atoms with Crippen molar-refractivity contribution in [3.63, 3.8) is 0 Å². The van der Waals surface area contributed by atoms with Crippen LogP contribution in [0.5, 0.6) is 0 Å². The number of rotatable bonds is 1. The summed E-state index contributed by atoms with van der Waals surface area (Å²) in [4.78, 5) is 0. The van der Waals surface area contributed by atoms with E-state index >= 15 is 0 Å². The number of hydrogen-bond donors (Lipinski definition) is 1. The van der Waals surface area contributed by atoms with Crippen LogP contribution >= 0.6 is 0 Å². The first kappa shape index (κ1) is 7.99. The topological polar surface area (TPSA) is 12.0 Å². The molecule has 0 radical (unpaired) electrons. The summed E-state index contributed by atoms with van der Waals surface area (Å²) in [5.41, 5.74) is -0.0856. The lowest BCUT2D eigenvalue weighted by Crippen LogP contribution is -2.43. The molecule has 0 aromatic rings. The summed E-state index contributed by atoms with van der Waals surface area (Å²) in [6.07, 6.45) is 1.02. The SMILES string of the molecule is CC1CNC[C@@](C)(CF)C1. The van der Waals surface area contributed by atoms with E-state index in [4.69, 9.17) is 0 Å². The molecule has 0 aromatic heterocycles. The van der Waals surface area contributed by atoms with Gasteiger partial charge in [0.15, 0.2) is 0 Å². The largest absolute Gasteiger partial charge is 0.316 e. The zero-order chi connectivity index (χ0) is 7.61. The Bertz CT molecular complexity index is 116. The van der Waals surface area contributed by atoms with Crippen LogP contribution < -0.4 is 5.32 Å². The van der Waals surface area contributed by atoms with Gasteiger partial charge in [-0.15, -0.1) is 0 Å². The summed E-state index contributed by atoms with van der Waals surface area (Å²) >= 11 is 0. The predicted octanol–water partition coefficient (Wildman–Crippen LogP) is 1.59. The fraction of sp³-hybridized carbons (Fsp3) is 1.00. The van der Waals surface area contributed by atoms with Gasteiger partial charge in [-0.3, -0.25) is 4.39 Å². The van der Waals surface area contributed by atoms with Crippen molar-refractivity contribution in [2.75, 3.05) is 19.8 Å². The van der Waals surface area contributed by atoms with Crippen LogP contribution in [0.25, 0.3) is 0 Å². The molecule has 1 aliphatic rings. The monoisotopic (exact) mass is 145 g/mol.